The molecule has 2 aromatic rings. The molecular weight excluding hydrogens is 338 g/mol. The van der Waals surface area contributed by atoms with Gasteiger partial charge in [0.1, 0.15) is 11.6 Å². The Morgan fingerprint density at radius 3 is 2.80 bits per heavy atom. The highest BCUT2D eigenvalue weighted by atomic mass is 35.5. The van der Waals surface area contributed by atoms with Crippen molar-refractivity contribution in [1.29, 1.82) is 0 Å². The van der Waals surface area contributed by atoms with Crippen LogP contribution in [0.15, 0.2) is 30.5 Å². The number of nitrogens with two attached hydrogens (primary N) is 1. The molecule has 4 rings (SSSR count). The summed E-state index contributed by atoms with van der Waals surface area (Å²) in [6.07, 6.45) is 5.07. The van der Waals surface area contributed by atoms with Gasteiger partial charge in [-0.05, 0) is 49.1 Å². The molecule has 1 aromatic carbocycles. The second-order valence-corrected chi connectivity index (χ2v) is 7.04. The fraction of sp³-hybridized carbons (Fsp3) is 0.368. The number of halogens is 1. The molecular formula is C19H20ClN3O2. The zero-order chi connectivity index (χ0) is 17.4. The highest BCUT2D eigenvalue weighted by molar-refractivity contribution is 6.31. The fourth-order valence-electron chi connectivity index (χ4n) is 3.61. The van der Waals surface area contributed by atoms with Gasteiger partial charge in [-0.3, -0.25) is 4.79 Å². The molecule has 0 radical (unpaired) electrons. The summed E-state index contributed by atoms with van der Waals surface area (Å²) in [5, 5.41) is 0.624. The van der Waals surface area contributed by atoms with Crippen molar-refractivity contribution in [2.45, 2.75) is 31.8 Å². The second-order valence-electron chi connectivity index (χ2n) is 6.61. The van der Waals surface area contributed by atoms with Crippen molar-refractivity contribution in [3.8, 4) is 16.9 Å². The minimum atomic E-state index is -0.468. The molecule has 2 aliphatic heterocycles. The van der Waals surface area contributed by atoms with Gasteiger partial charge in [-0.1, -0.05) is 11.6 Å². The molecule has 2 aliphatic rings. The number of anilines is 1. The van der Waals surface area contributed by atoms with Crippen LogP contribution in [0.3, 0.4) is 0 Å². The number of nitrogen functional groups attached to an aromatic ring is 1. The lowest BCUT2D eigenvalue weighted by Crippen LogP contribution is -2.43. The Labute approximate surface area is 151 Å². The Morgan fingerprint density at radius 1 is 1.24 bits per heavy atom. The number of carbonyl (C=O) groups excluding carboxylic acids is 1. The number of amides is 1. The normalized spacial score (nSPS) is 19.4. The Hall–Kier alpha value is -2.27. The van der Waals surface area contributed by atoms with E-state index < -0.39 is 6.10 Å². The van der Waals surface area contributed by atoms with Crippen molar-refractivity contribution in [1.82, 2.24) is 9.88 Å². The molecule has 0 aliphatic carbocycles. The lowest BCUT2D eigenvalue weighted by atomic mass is 10.0. The molecule has 1 unspecified atom stereocenters. The molecule has 0 bridgehead atoms. The predicted octanol–water partition coefficient (Wildman–Crippen LogP) is 3.30. The van der Waals surface area contributed by atoms with Gasteiger partial charge < -0.3 is 15.4 Å². The second kappa shape index (κ2) is 6.56. The van der Waals surface area contributed by atoms with E-state index in [0.717, 1.165) is 48.4 Å². The molecule has 0 spiro atoms. The summed E-state index contributed by atoms with van der Waals surface area (Å²) in [5.41, 5.74) is 8.51. The lowest BCUT2D eigenvalue weighted by Gasteiger charge is -2.28. The first-order chi connectivity index (χ1) is 12.1. The van der Waals surface area contributed by atoms with Crippen LogP contribution in [0.2, 0.25) is 5.02 Å². The van der Waals surface area contributed by atoms with Gasteiger partial charge >= 0.3 is 0 Å². The molecule has 2 N–H and O–H groups in total. The molecule has 25 heavy (non-hydrogen) atoms. The van der Waals surface area contributed by atoms with Crippen LogP contribution >= 0.6 is 11.6 Å². The third kappa shape index (κ3) is 3.16. The van der Waals surface area contributed by atoms with Crippen molar-refractivity contribution in [3.63, 3.8) is 0 Å². The Kier molecular flexibility index (Phi) is 4.25. The van der Waals surface area contributed by atoms with Crippen LogP contribution < -0.4 is 10.5 Å². The van der Waals surface area contributed by atoms with Gasteiger partial charge in [-0.25, -0.2) is 4.98 Å². The molecule has 1 fully saturated rings. The summed E-state index contributed by atoms with van der Waals surface area (Å²) >= 11 is 6.30. The molecule has 6 heteroatoms. The average molecular weight is 358 g/mol. The SMILES string of the molecule is Nc1cc(-c2cc(Cl)cc3c2OC(C(=O)N2CCCCC2)C3)ccn1. The summed E-state index contributed by atoms with van der Waals surface area (Å²) in [6, 6.07) is 7.39. The van der Waals surface area contributed by atoms with E-state index in [2.05, 4.69) is 4.98 Å². The number of hydrogen-bond donors (Lipinski definition) is 1. The van der Waals surface area contributed by atoms with Crippen LogP contribution in [-0.2, 0) is 11.2 Å². The van der Waals surface area contributed by atoms with Crippen LogP contribution in [0.4, 0.5) is 5.82 Å². The van der Waals surface area contributed by atoms with Gasteiger partial charge in [0.15, 0.2) is 6.10 Å². The van der Waals surface area contributed by atoms with Gasteiger partial charge in [-0.2, -0.15) is 0 Å². The maximum Gasteiger partial charge on any atom is 0.263 e. The van der Waals surface area contributed by atoms with E-state index in [1.165, 1.54) is 6.42 Å². The van der Waals surface area contributed by atoms with E-state index in [1.54, 1.807) is 12.3 Å². The first-order valence-electron chi connectivity index (χ1n) is 8.61. The lowest BCUT2D eigenvalue weighted by molar-refractivity contribution is -0.138. The van der Waals surface area contributed by atoms with Crippen LogP contribution in [0.1, 0.15) is 24.8 Å². The monoisotopic (exact) mass is 357 g/mol. The number of likely N-dealkylation sites (tertiary alicyclic amines) is 1. The number of aromatic nitrogens is 1. The van der Waals surface area contributed by atoms with Crippen LogP contribution in [-0.4, -0.2) is 35.0 Å². The summed E-state index contributed by atoms with van der Waals surface area (Å²) < 4.78 is 6.09. The smallest absolute Gasteiger partial charge is 0.263 e. The van der Waals surface area contributed by atoms with E-state index in [4.69, 9.17) is 22.1 Å². The largest absolute Gasteiger partial charge is 0.479 e. The van der Waals surface area contributed by atoms with Gasteiger partial charge in [-0.15, -0.1) is 0 Å². The van der Waals surface area contributed by atoms with Crippen LogP contribution in [0, 0.1) is 0 Å². The number of hydrogen-bond acceptors (Lipinski definition) is 4. The third-order valence-corrected chi connectivity index (χ3v) is 5.05. The number of benzene rings is 1. The van der Waals surface area contributed by atoms with Crippen molar-refractivity contribution in [3.05, 3.63) is 41.0 Å². The molecule has 0 saturated carbocycles. The summed E-state index contributed by atoms with van der Waals surface area (Å²) in [6.45, 7) is 1.65. The standard InChI is InChI=1S/C19H20ClN3O2/c20-14-8-13-9-16(19(24)23-6-2-1-3-7-23)25-18(13)15(11-14)12-4-5-22-17(21)10-12/h4-5,8,10-11,16H,1-3,6-7,9H2,(H2,21,22). The molecule has 1 aromatic heterocycles. The maximum atomic E-state index is 12.8. The van der Waals surface area contributed by atoms with Gasteiger partial charge in [0.25, 0.3) is 5.91 Å². The Morgan fingerprint density at radius 2 is 2.04 bits per heavy atom. The Bertz CT molecular complexity index is 818. The predicted molar refractivity (Wildman–Crippen MR) is 97.6 cm³/mol. The number of pyridine rings is 1. The van der Waals surface area contributed by atoms with Crippen molar-refractivity contribution >= 4 is 23.3 Å². The number of carbonyl (C=O) groups is 1. The van der Waals surface area contributed by atoms with E-state index in [-0.39, 0.29) is 5.91 Å². The molecule has 1 atom stereocenters. The number of fused-ring (bicyclic) bond motifs is 1. The highest BCUT2D eigenvalue weighted by Gasteiger charge is 2.34. The van der Waals surface area contributed by atoms with E-state index >= 15 is 0 Å². The molecule has 1 amide bonds. The van der Waals surface area contributed by atoms with Crippen LogP contribution in [0.5, 0.6) is 5.75 Å². The number of nitrogens with zero attached hydrogens (tertiary/aromatic N) is 2. The highest BCUT2D eigenvalue weighted by Crippen LogP contribution is 2.41. The van der Waals surface area contributed by atoms with E-state index in [1.807, 2.05) is 23.1 Å². The summed E-state index contributed by atoms with van der Waals surface area (Å²) in [4.78, 5) is 18.7. The molecule has 1 saturated heterocycles. The fourth-order valence-corrected chi connectivity index (χ4v) is 3.85. The van der Waals surface area contributed by atoms with Crippen molar-refractivity contribution in [2.75, 3.05) is 18.8 Å². The average Bonchev–Trinajstić information content (AvgIpc) is 3.05. The Balaban J connectivity index is 1.64. The zero-order valence-electron chi connectivity index (χ0n) is 13.9. The third-order valence-electron chi connectivity index (χ3n) is 4.83. The summed E-state index contributed by atoms with van der Waals surface area (Å²) in [7, 11) is 0. The van der Waals surface area contributed by atoms with Gasteiger partial charge in [0.05, 0.1) is 0 Å². The number of piperidine rings is 1. The molecule has 3 heterocycles. The maximum absolute atomic E-state index is 12.8. The topological polar surface area (TPSA) is 68.5 Å². The van der Waals surface area contributed by atoms with Gasteiger partial charge in [0.2, 0.25) is 0 Å². The minimum absolute atomic E-state index is 0.0761. The quantitative estimate of drug-likeness (QED) is 0.895. The molecule has 130 valence electrons. The first-order valence-corrected chi connectivity index (χ1v) is 8.99. The number of ether oxygens (including phenoxy) is 1. The zero-order valence-corrected chi connectivity index (χ0v) is 14.6. The van der Waals surface area contributed by atoms with E-state index in [0.29, 0.717) is 17.3 Å². The van der Waals surface area contributed by atoms with Crippen LogP contribution in [0.25, 0.3) is 11.1 Å². The first kappa shape index (κ1) is 16.2. The van der Waals surface area contributed by atoms with Crippen molar-refractivity contribution < 1.29 is 9.53 Å². The van der Waals surface area contributed by atoms with E-state index in [9.17, 15) is 4.79 Å². The number of rotatable bonds is 2. The van der Waals surface area contributed by atoms with Crippen molar-refractivity contribution in [2.24, 2.45) is 0 Å². The minimum Gasteiger partial charge on any atom is -0.479 e. The molecule has 5 nitrogen and oxygen atoms in total. The van der Waals surface area contributed by atoms with Gasteiger partial charge in [0, 0.05) is 41.9 Å². The summed E-state index contributed by atoms with van der Waals surface area (Å²) in [5.74, 6) is 1.24.